The van der Waals surface area contributed by atoms with E-state index < -0.39 is 0 Å². The fourth-order valence-corrected chi connectivity index (χ4v) is 2.03. The first-order valence-corrected chi connectivity index (χ1v) is 6.61. The SMILES string of the molecule is CCOc1cccc(NCC2(CCOC)CC2)n1. The van der Waals surface area contributed by atoms with E-state index in [1.54, 1.807) is 7.11 Å². The van der Waals surface area contributed by atoms with Crippen LogP contribution in [0, 0.1) is 5.41 Å². The van der Waals surface area contributed by atoms with Crippen LogP contribution in [-0.2, 0) is 4.74 Å². The Bertz CT molecular complexity index is 378. The molecular weight excluding hydrogens is 228 g/mol. The molecule has 0 bridgehead atoms. The molecule has 1 aliphatic rings. The summed E-state index contributed by atoms with van der Waals surface area (Å²) in [7, 11) is 1.76. The number of aromatic nitrogens is 1. The molecule has 0 unspecified atom stereocenters. The second-order valence-electron chi connectivity index (χ2n) is 4.89. The summed E-state index contributed by atoms with van der Waals surface area (Å²) in [6.07, 6.45) is 3.70. The third-order valence-electron chi connectivity index (χ3n) is 3.45. The van der Waals surface area contributed by atoms with Gasteiger partial charge in [0, 0.05) is 26.3 Å². The molecule has 0 saturated heterocycles. The minimum atomic E-state index is 0.430. The lowest BCUT2D eigenvalue weighted by atomic mass is 10.0. The van der Waals surface area contributed by atoms with Gasteiger partial charge in [-0.25, -0.2) is 0 Å². The molecule has 0 aliphatic heterocycles. The summed E-state index contributed by atoms with van der Waals surface area (Å²) in [6.45, 7) is 4.42. The van der Waals surface area contributed by atoms with E-state index in [9.17, 15) is 0 Å². The van der Waals surface area contributed by atoms with Crippen LogP contribution in [0.4, 0.5) is 5.82 Å². The van der Waals surface area contributed by atoms with E-state index in [0.717, 1.165) is 25.4 Å². The zero-order valence-electron chi connectivity index (χ0n) is 11.2. The molecule has 2 rings (SSSR count). The Hall–Kier alpha value is -1.29. The van der Waals surface area contributed by atoms with E-state index in [-0.39, 0.29) is 0 Å². The van der Waals surface area contributed by atoms with Gasteiger partial charge in [0.2, 0.25) is 5.88 Å². The van der Waals surface area contributed by atoms with Gasteiger partial charge in [-0.1, -0.05) is 6.07 Å². The zero-order valence-corrected chi connectivity index (χ0v) is 11.2. The molecule has 0 amide bonds. The molecule has 18 heavy (non-hydrogen) atoms. The van der Waals surface area contributed by atoms with E-state index in [4.69, 9.17) is 9.47 Å². The van der Waals surface area contributed by atoms with Crippen molar-refractivity contribution in [2.45, 2.75) is 26.2 Å². The maximum absolute atomic E-state index is 5.39. The Morgan fingerprint density at radius 3 is 2.89 bits per heavy atom. The van der Waals surface area contributed by atoms with Crippen molar-refractivity contribution in [2.75, 3.05) is 32.2 Å². The van der Waals surface area contributed by atoms with Gasteiger partial charge < -0.3 is 14.8 Å². The number of pyridine rings is 1. The monoisotopic (exact) mass is 250 g/mol. The van der Waals surface area contributed by atoms with Crippen molar-refractivity contribution >= 4 is 5.82 Å². The molecule has 1 aromatic heterocycles. The maximum Gasteiger partial charge on any atom is 0.215 e. The molecule has 1 N–H and O–H groups in total. The Balaban J connectivity index is 1.84. The topological polar surface area (TPSA) is 43.4 Å². The first-order valence-electron chi connectivity index (χ1n) is 6.61. The lowest BCUT2D eigenvalue weighted by Crippen LogP contribution is -2.17. The predicted molar refractivity (Wildman–Crippen MR) is 72.1 cm³/mol. The van der Waals surface area contributed by atoms with Gasteiger partial charge in [0.15, 0.2) is 0 Å². The zero-order chi connectivity index (χ0) is 12.8. The van der Waals surface area contributed by atoms with E-state index in [1.165, 1.54) is 12.8 Å². The van der Waals surface area contributed by atoms with Gasteiger partial charge in [0.05, 0.1) is 6.61 Å². The van der Waals surface area contributed by atoms with Crippen molar-refractivity contribution in [3.8, 4) is 5.88 Å². The minimum absolute atomic E-state index is 0.430. The molecule has 1 aromatic rings. The number of nitrogens with one attached hydrogen (secondary N) is 1. The van der Waals surface area contributed by atoms with E-state index in [1.807, 2.05) is 25.1 Å². The quantitative estimate of drug-likeness (QED) is 0.770. The van der Waals surface area contributed by atoms with Gasteiger partial charge in [0.1, 0.15) is 5.82 Å². The fraction of sp³-hybridized carbons (Fsp3) is 0.643. The van der Waals surface area contributed by atoms with Gasteiger partial charge in [0.25, 0.3) is 0 Å². The fourth-order valence-electron chi connectivity index (χ4n) is 2.03. The average molecular weight is 250 g/mol. The third-order valence-corrected chi connectivity index (χ3v) is 3.45. The van der Waals surface area contributed by atoms with E-state index in [2.05, 4.69) is 10.3 Å². The summed E-state index contributed by atoms with van der Waals surface area (Å²) in [5.41, 5.74) is 0.430. The number of anilines is 1. The van der Waals surface area contributed by atoms with Gasteiger partial charge in [-0.3, -0.25) is 0 Å². The maximum atomic E-state index is 5.39. The highest BCUT2D eigenvalue weighted by atomic mass is 16.5. The smallest absolute Gasteiger partial charge is 0.215 e. The molecule has 0 radical (unpaired) electrons. The number of nitrogens with zero attached hydrogens (tertiary/aromatic N) is 1. The summed E-state index contributed by atoms with van der Waals surface area (Å²) >= 11 is 0. The third kappa shape index (κ3) is 3.60. The Morgan fingerprint density at radius 1 is 1.39 bits per heavy atom. The number of methoxy groups -OCH3 is 1. The van der Waals surface area contributed by atoms with Gasteiger partial charge in [-0.15, -0.1) is 0 Å². The van der Waals surface area contributed by atoms with Crippen LogP contribution < -0.4 is 10.1 Å². The van der Waals surface area contributed by atoms with Crippen molar-refractivity contribution in [3.63, 3.8) is 0 Å². The number of hydrogen-bond donors (Lipinski definition) is 1. The Morgan fingerprint density at radius 2 is 2.22 bits per heavy atom. The van der Waals surface area contributed by atoms with Gasteiger partial charge in [-0.05, 0) is 37.7 Å². The molecule has 1 saturated carbocycles. The molecular formula is C14H22N2O2. The average Bonchev–Trinajstić information content (AvgIpc) is 3.16. The van der Waals surface area contributed by atoms with Crippen LogP contribution in [0.15, 0.2) is 18.2 Å². The summed E-state index contributed by atoms with van der Waals surface area (Å²) in [6, 6.07) is 5.83. The highest BCUT2D eigenvalue weighted by Gasteiger charge is 2.41. The van der Waals surface area contributed by atoms with E-state index >= 15 is 0 Å². The largest absolute Gasteiger partial charge is 0.478 e. The van der Waals surface area contributed by atoms with Gasteiger partial charge >= 0.3 is 0 Å². The van der Waals surface area contributed by atoms with Crippen molar-refractivity contribution in [1.82, 2.24) is 4.98 Å². The highest BCUT2D eigenvalue weighted by molar-refractivity contribution is 5.37. The molecule has 1 aliphatic carbocycles. The van der Waals surface area contributed by atoms with Crippen LogP contribution in [0.25, 0.3) is 0 Å². The number of ether oxygens (including phenoxy) is 2. The first-order chi connectivity index (χ1) is 8.78. The first kappa shape index (κ1) is 13.1. The molecule has 0 atom stereocenters. The lowest BCUT2D eigenvalue weighted by molar-refractivity contribution is 0.175. The molecule has 0 spiro atoms. The van der Waals surface area contributed by atoms with Crippen LogP contribution in [0.2, 0.25) is 0 Å². The summed E-state index contributed by atoms with van der Waals surface area (Å²) < 4.78 is 10.5. The van der Waals surface area contributed by atoms with Crippen molar-refractivity contribution in [2.24, 2.45) is 5.41 Å². The predicted octanol–water partition coefficient (Wildman–Crippen LogP) is 2.71. The number of rotatable bonds is 8. The van der Waals surface area contributed by atoms with Crippen molar-refractivity contribution < 1.29 is 9.47 Å². The van der Waals surface area contributed by atoms with Crippen LogP contribution in [-0.4, -0.2) is 31.9 Å². The molecule has 0 aromatic carbocycles. The Labute approximate surface area is 109 Å². The standard InChI is InChI=1S/C14H22N2O2/c1-3-18-13-6-4-5-12(16-13)15-11-14(7-8-14)9-10-17-2/h4-6H,3,7-11H2,1-2H3,(H,15,16). The molecule has 100 valence electrons. The summed E-state index contributed by atoms with van der Waals surface area (Å²) in [5.74, 6) is 1.58. The Kier molecular flexibility index (Phi) is 4.42. The lowest BCUT2D eigenvalue weighted by Gasteiger charge is -2.16. The summed E-state index contributed by atoms with van der Waals surface area (Å²) in [5, 5.41) is 3.41. The van der Waals surface area contributed by atoms with Crippen molar-refractivity contribution in [3.05, 3.63) is 18.2 Å². The van der Waals surface area contributed by atoms with Crippen LogP contribution >= 0.6 is 0 Å². The molecule has 4 nitrogen and oxygen atoms in total. The normalized spacial score (nSPS) is 16.3. The number of hydrogen-bond acceptors (Lipinski definition) is 4. The molecule has 4 heteroatoms. The molecule has 1 fully saturated rings. The molecule has 1 heterocycles. The van der Waals surface area contributed by atoms with Crippen LogP contribution in [0.1, 0.15) is 26.2 Å². The van der Waals surface area contributed by atoms with Crippen LogP contribution in [0.5, 0.6) is 5.88 Å². The second kappa shape index (κ2) is 6.05. The summed E-state index contributed by atoms with van der Waals surface area (Å²) in [4.78, 5) is 4.41. The van der Waals surface area contributed by atoms with Crippen LogP contribution in [0.3, 0.4) is 0 Å². The minimum Gasteiger partial charge on any atom is -0.478 e. The van der Waals surface area contributed by atoms with Crippen molar-refractivity contribution in [1.29, 1.82) is 0 Å². The van der Waals surface area contributed by atoms with Gasteiger partial charge in [-0.2, -0.15) is 4.98 Å². The second-order valence-corrected chi connectivity index (χ2v) is 4.89. The van der Waals surface area contributed by atoms with E-state index in [0.29, 0.717) is 17.9 Å². The highest BCUT2D eigenvalue weighted by Crippen LogP contribution is 2.48.